The first-order valence-corrected chi connectivity index (χ1v) is 14.5. The zero-order valence-electron chi connectivity index (χ0n) is 23.0. The molecule has 0 aliphatic carbocycles. The summed E-state index contributed by atoms with van der Waals surface area (Å²) in [5.74, 6) is 6.95. The molecule has 3 atom stereocenters. The molecule has 4 aromatic rings. The van der Waals surface area contributed by atoms with Crippen molar-refractivity contribution in [1.29, 1.82) is 0 Å². The Hall–Kier alpha value is -3.75. The van der Waals surface area contributed by atoms with Crippen molar-refractivity contribution in [3.05, 3.63) is 123 Å². The standard InChI is InChI=1S/C33H30Cl2N2O5/c1-20(22-5-3-2-4-6-22)37-17-25-16-31-30(15-24(25)14-29(37)33(38)42-36)40-19-32(41-31)23-8-10-26(11-9-23)39-18-21-7-12-27(34)28(35)13-21/h2-13,15-16,20,29,32H,14,17-19,36H2,1H3/t20-,29-,32+/m0/s1. The van der Waals surface area contributed by atoms with Crippen molar-refractivity contribution in [2.75, 3.05) is 6.61 Å². The number of nitrogens with two attached hydrogens (primary N) is 1. The first-order chi connectivity index (χ1) is 20.4. The van der Waals surface area contributed by atoms with Crippen LogP contribution in [0.4, 0.5) is 0 Å². The number of hydrogen-bond acceptors (Lipinski definition) is 7. The highest BCUT2D eigenvalue weighted by atomic mass is 35.5. The number of nitrogens with zero attached hydrogens (tertiary/aromatic N) is 1. The van der Waals surface area contributed by atoms with Gasteiger partial charge in [-0.05, 0) is 77.6 Å². The predicted octanol–water partition coefficient (Wildman–Crippen LogP) is 6.99. The third-order valence-corrected chi connectivity index (χ3v) is 8.64. The molecule has 2 N–H and O–H groups in total. The quantitative estimate of drug-likeness (QED) is 0.228. The molecule has 2 aliphatic rings. The summed E-state index contributed by atoms with van der Waals surface area (Å²) < 4.78 is 18.5. The molecule has 9 heteroatoms. The second-order valence-electron chi connectivity index (χ2n) is 10.5. The third-order valence-electron chi connectivity index (χ3n) is 7.90. The Morgan fingerprint density at radius 3 is 2.48 bits per heavy atom. The van der Waals surface area contributed by atoms with Crippen molar-refractivity contribution in [2.24, 2.45) is 5.90 Å². The maximum absolute atomic E-state index is 12.7. The number of hydrogen-bond donors (Lipinski definition) is 1. The third kappa shape index (κ3) is 5.92. The van der Waals surface area contributed by atoms with Crippen LogP contribution in [-0.2, 0) is 29.2 Å². The van der Waals surface area contributed by atoms with Crippen molar-refractivity contribution < 1.29 is 23.8 Å². The van der Waals surface area contributed by atoms with Gasteiger partial charge in [0, 0.05) is 12.6 Å². The van der Waals surface area contributed by atoms with Gasteiger partial charge in [0.2, 0.25) is 0 Å². The maximum atomic E-state index is 12.7. The summed E-state index contributed by atoms with van der Waals surface area (Å²) in [4.78, 5) is 19.5. The highest BCUT2D eigenvalue weighted by molar-refractivity contribution is 6.42. The fraction of sp³-hybridized carbons (Fsp3) is 0.242. The normalized spacial score (nSPS) is 18.6. The summed E-state index contributed by atoms with van der Waals surface area (Å²) in [5, 5.41) is 1.02. The van der Waals surface area contributed by atoms with Crippen molar-refractivity contribution in [2.45, 2.75) is 44.7 Å². The molecule has 216 valence electrons. The van der Waals surface area contributed by atoms with Crippen LogP contribution in [0.15, 0.2) is 84.9 Å². The average molecular weight is 606 g/mol. The Morgan fingerprint density at radius 2 is 1.74 bits per heavy atom. The van der Waals surface area contributed by atoms with Gasteiger partial charge in [0.05, 0.1) is 10.0 Å². The minimum Gasteiger partial charge on any atom is -0.489 e. The van der Waals surface area contributed by atoms with Gasteiger partial charge in [0.25, 0.3) is 0 Å². The number of ether oxygens (including phenoxy) is 3. The molecule has 0 spiro atoms. The van der Waals surface area contributed by atoms with Crippen molar-refractivity contribution >= 4 is 29.2 Å². The van der Waals surface area contributed by atoms with Gasteiger partial charge >= 0.3 is 5.97 Å². The molecule has 2 heterocycles. The van der Waals surface area contributed by atoms with Crippen molar-refractivity contribution in [3.63, 3.8) is 0 Å². The van der Waals surface area contributed by atoms with Gasteiger partial charge in [0.1, 0.15) is 25.0 Å². The van der Waals surface area contributed by atoms with Crippen molar-refractivity contribution in [3.8, 4) is 17.2 Å². The lowest BCUT2D eigenvalue weighted by atomic mass is 9.90. The molecule has 0 bridgehead atoms. The minimum absolute atomic E-state index is 0.0261. The molecule has 0 saturated carbocycles. The number of halogens is 2. The van der Waals surface area contributed by atoms with Gasteiger partial charge in [-0.3, -0.25) is 4.90 Å². The molecular weight excluding hydrogens is 575 g/mol. The van der Waals surface area contributed by atoms with Crippen molar-refractivity contribution in [1.82, 2.24) is 4.90 Å². The Bertz CT molecular complexity index is 1580. The van der Waals surface area contributed by atoms with E-state index in [0.717, 1.165) is 33.6 Å². The molecule has 0 saturated heterocycles. The lowest BCUT2D eigenvalue weighted by molar-refractivity contribution is -0.152. The minimum atomic E-state index is -0.509. The van der Waals surface area contributed by atoms with Crippen LogP contribution >= 0.6 is 23.2 Å². The van der Waals surface area contributed by atoms with E-state index in [4.69, 9.17) is 48.1 Å². The molecule has 6 rings (SSSR count). The summed E-state index contributed by atoms with van der Waals surface area (Å²) in [6.45, 7) is 3.36. The lowest BCUT2D eigenvalue weighted by Crippen LogP contribution is -2.48. The second-order valence-corrected chi connectivity index (χ2v) is 11.3. The maximum Gasteiger partial charge on any atom is 0.342 e. The topological polar surface area (TPSA) is 83.3 Å². The van der Waals surface area contributed by atoms with Crippen LogP contribution in [0.3, 0.4) is 0 Å². The number of benzene rings is 4. The van der Waals surface area contributed by atoms with Gasteiger partial charge in [-0.15, -0.1) is 0 Å². The van der Waals surface area contributed by atoms with Crippen LogP contribution in [-0.4, -0.2) is 23.5 Å². The zero-order valence-corrected chi connectivity index (χ0v) is 24.5. The summed E-state index contributed by atoms with van der Waals surface area (Å²) in [6.07, 6.45) is 0.189. The van der Waals surface area contributed by atoms with Crippen LogP contribution < -0.4 is 20.1 Å². The SMILES string of the molecule is C[C@@H](c1ccccc1)N1Cc2cc3c(cc2C[C@H]1C(=O)ON)OC[C@H](c1ccc(OCc2ccc(Cl)c(Cl)c2)cc1)O3. The van der Waals surface area contributed by atoms with E-state index < -0.39 is 12.0 Å². The van der Waals surface area contributed by atoms with Crippen LogP contribution in [0, 0.1) is 0 Å². The van der Waals surface area contributed by atoms with E-state index in [9.17, 15) is 4.79 Å². The fourth-order valence-electron chi connectivity index (χ4n) is 5.54. The molecule has 0 unspecified atom stereocenters. The summed E-state index contributed by atoms with van der Waals surface area (Å²) in [5.41, 5.74) is 5.11. The molecule has 4 aromatic carbocycles. The van der Waals surface area contributed by atoms with E-state index in [1.807, 2.05) is 60.7 Å². The number of carbonyl (C=O) groups excluding carboxylic acids is 1. The molecule has 0 radical (unpaired) electrons. The van der Waals surface area contributed by atoms with Crippen LogP contribution in [0.5, 0.6) is 17.2 Å². The average Bonchev–Trinajstić information content (AvgIpc) is 3.03. The zero-order chi connectivity index (χ0) is 29.2. The van der Waals surface area contributed by atoms with E-state index in [1.165, 1.54) is 0 Å². The van der Waals surface area contributed by atoms with Crippen LogP contribution in [0.25, 0.3) is 0 Å². The van der Waals surface area contributed by atoms with Gasteiger partial charge in [-0.25, -0.2) is 4.79 Å². The summed E-state index contributed by atoms with van der Waals surface area (Å²) >= 11 is 12.1. The van der Waals surface area contributed by atoms with Gasteiger partial charge < -0.3 is 19.0 Å². The summed E-state index contributed by atoms with van der Waals surface area (Å²) in [6, 6.07) is 26.8. The number of fused-ring (bicyclic) bond motifs is 2. The first-order valence-electron chi connectivity index (χ1n) is 13.7. The Labute approximate surface area is 254 Å². The fourth-order valence-corrected chi connectivity index (χ4v) is 5.86. The highest BCUT2D eigenvalue weighted by Gasteiger charge is 2.37. The van der Waals surface area contributed by atoms with Gasteiger partial charge in [0.15, 0.2) is 17.6 Å². The molecule has 0 amide bonds. The molecule has 0 aromatic heterocycles. The number of carbonyl (C=O) groups is 1. The van der Waals surface area contributed by atoms with E-state index in [-0.39, 0.29) is 12.1 Å². The smallest absolute Gasteiger partial charge is 0.342 e. The van der Waals surface area contributed by atoms with E-state index in [2.05, 4.69) is 24.0 Å². The largest absolute Gasteiger partial charge is 0.489 e. The van der Waals surface area contributed by atoms with Gasteiger partial charge in [-0.1, -0.05) is 71.7 Å². The molecule has 42 heavy (non-hydrogen) atoms. The molecular formula is C33H30Cl2N2O5. The monoisotopic (exact) mass is 604 g/mol. The molecule has 2 aliphatic heterocycles. The van der Waals surface area contributed by atoms with Gasteiger partial charge in [-0.2, -0.15) is 5.90 Å². The van der Waals surface area contributed by atoms with E-state index in [0.29, 0.717) is 47.7 Å². The van der Waals surface area contributed by atoms with E-state index >= 15 is 0 Å². The second kappa shape index (κ2) is 12.2. The highest BCUT2D eigenvalue weighted by Crippen LogP contribution is 2.42. The number of rotatable bonds is 7. The Kier molecular flexibility index (Phi) is 8.27. The van der Waals surface area contributed by atoms with E-state index in [1.54, 1.807) is 12.1 Å². The Balaban J connectivity index is 1.17. The first kappa shape index (κ1) is 28.4. The molecule has 0 fully saturated rings. The van der Waals surface area contributed by atoms with Crippen LogP contribution in [0.2, 0.25) is 10.0 Å². The predicted molar refractivity (Wildman–Crippen MR) is 161 cm³/mol. The van der Waals surface area contributed by atoms with Crippen LogP contribution in [0.1, 0.15) is 46.9 Å². The Morgan fingerprint density at radius 1 is 0.976 bits per heavy atom. The summed E-state index contributed by atoms with van der Waals surface area (Å²) in [7, 11) is 0. The molecule has 7 nitrogen and oxygen atoms in total. The lowest BCUT2D eigenvalue weighted by Gasteiger charge is -2.40.